The molecule has 0 unspecified atom stereocenters. The fourth-order valence-corrected chi connectivity index (χ4v) is 1.34. The topological polar surface area (TPSA) is 56.7 Å². The molecule has 0 amide bonds. The van der Waals surface area contributed by atoms with E-state index in [0.29, 0.717) is 0 Å². The van der Waals surface area contributed by atoms with Crippen molar-refractivity contribution in [3.05, 3.63) is 11.9 Å². The molecule has 0 saturated carbocycles. The van der Waals surface area contributed by atoms with Gasteiger partial charge in [0.15, 0.2) is 0 Å². The van der Waals surface area contributed by atoms with Crippen molar-refractivity contribution in [2.45, 2.75) is 45.6 Å². The lowest BCUT2D eigenvalue weighted by molar-refractivity contribution is 0.544. The van der Waals surface area contributed by atoms with Gasteiger partial charge in [0.05, 0.1) is 5.69 Å². The fraction of sp³-hybridized carbons (Fsp3) is 0.800. The van der Waals surface area contributed by atoms with Gasteiger partial charge in [-0.05, 0) is 32.2 Å². The highest BCUT2D eigenvalue weighted by molar-refractivity contribution is 4.91. The van der Waals surface area contributed by atoms with Crippen molar-refractivity contribution in [3.63, 3.8) is 0 Å². The molecule has 4 heteroatoms. The summed E-state index contributed by atoms with van der Waals surface area (Å²) in [5.74, 6) is 0. The second-order valence-electron chi connectivity index (χ2n) is 3.57. The van der Waals surface area contributed by atoms with Gasteiger partial charge in [-0.2, -0.15) is 0 Å². The first-order valence-corrected chi connectivity index (χ1v) is 5.46. The molecule has 0 aliphatic heterocycles. The standard InChI is InChI=1S/C10H20N4/c1-2-3-6-10-9-14(13-12-10)8-5-4-7-11/h9H,2-8,11H2,1H3. The van der Waals surface area contributed by atoms with Crippen LogP contribution in [0.3, 0.4) is 0 Å². The van der Waals surface area contributed by atoms with Crippen molar-refractivity contribution in [1.82, 2.24) is 15.0 Å². The van der Waals surface area contributed by atoms with Gasteiger partial charge < -0.3 is 5.73 Å². The van der Waals surface area contributed by atoms with Crippen LogP contribution in [-0.2, 0) is 13.0 Å². The molecule has 1 rings (SSSR count). The highest BCUT2D eigenvalue weighted by Gasteiger charge is 1.99. The van der Waals surface area contributed by atoms with Gasteiger partial charge in [-0.25, -0.2) is 0 Å². The predicted octanol–water partition coefficient (Wildman–Crippen LogP) is 1.36. The molecule has 0 spiro atoms. The molecule has 1 aromatic heterocycles. The molecule has 14 heavy (non-hydrogen) atoms. The Bertz CT molecular complexity index is 244. The molecular weight excluding hydrogens is 176 g/mol. The maximum Gasteiger partial charge on any atom is 0.0827 e. The second kappa shape index (κ2) is 6.54. The Morgan fingerprint density at radius 3 is 2.93 bits per heavy atom. The zero-order chi connectivity index (χ0) is 10.2. The lowest BCUT2D eigenvalue weighted by atomic mass is 10.2. The third-order valence-corrected chi connectivity index (χ3v) is 2.21. The summed E-state index contributed by atoms with van der Waals surface area (Å²) < 4.78 is 1.92. The Hall–Kier alpha value is -0.900. The van der Waals surface area contributed by atoms with Crippen molar-refractivity contribution in [1.29, 1.82) is 0 Å². The summed E-state index contributed by atoms with van der Waals surface area (Å²) in [6.45, 7) is 3.89. The first-order valence-electron chi connectivity index (χ1n) is 5.46. The Labute approximate surface area is 85.5 Å². The Kier molecular flexibility index (Phi) is 5.22. The van der Waals surface area contributed by atoms with Gasteiger partial charge in [-0.3, -0.25) is 4.68 Å². The maximum atomic E-state index is 5.42. The van der Waals surface area contributed by atoms with Crippen molar-refractivity contribution >= 4 is 0 Å². The van der Waals surface area contributed by atoms with E-state index in [0.717, 1.165) is 38.0 Å². The summed E-state index contributed by atoms with van der Waals surface area (Å²) in [5, 5.41) is 8.18. The van der Waals surface area contributed by atoms with Gasteiger partial charge in [0.1, 0.15) is 0 Å². The fourth-order valence-electron chi connectivity index (χ4n) is 1.34. The number of hydrogen-bond donors (Lipinski definition) is 1. The summed E-state index contributed by atoms with van der Waals surface area (Å²) in [6, 6.07) is 0. The van der Waals surface area contributed by atoms with E-state index in [1.54, 1.807) is 0 Å². The summed E-state index contributed by atoms with van der Waals surface area (Å²) in [4.78, 5) is 0. The van der Waals surface area contributed by atoms with Gasteiger partial charge in [0.25, 0.3) is 0 Å². The van der Waals surface area contributed by atoms with Crippen LogP contribution in [-0.4, -0.2) is 21.5 Å². The summed E-state index contributed by atoms with van der Waals surface area (Å²) in [7, 11) is 0. The van der Waals surface area contributed by atoms with Crippen molar-refractivity contribution in [3.8, 4) is 0 Å². The third kappa shape index (κ3) is 3.87. The zero-order valence-electron chi connectivity index (χ0n) is 8.95. The average Bonchev–Trinajstić information content (AvgIpc) is 2.63. The quantitative estimate of drug-likeness (QED) is 0.670. The minimum absolute atomic E-state index is 0.761. The van der Waals surface area contributed by atoms with Crippen molar-refractivity contribution < 1.29 is 0 Å². The first kappa shape index (κ1) is 11.2. The van der Waals surface area contributed by atoms with Gasteiger partial charge in [0.2, 0.25) is 0 Å². The maximum absolute atomic E-state index is 5.42. The van der Waals surface area contributed by atoms with E-state index >= 15 is 0 Å². The van der Waals surface area contributed by atoms with E-state index in [9.17, 15) is 0 Å². The van der Waals surface area contributed by atoms with Crippen LogP contribution in [0.4, 0.5) is 0 Å². The number of nitrogens with two attached hydrogens (primary N) is 1. The molecule has 0 atom stereocenters. The Morgan fingerprint density at radius 2 is 2.21 bits per heavy atom. The molecule has 0 aromatic carbocycles. The van der Waals surface area contributed by atoms with E-state index in [2.05, 4.69) is 17.2 Å². The SMILES string of the molecule is CCCCc1cn(CCCCN)nn1. The van der Waals surface area contributed by atoms with Gasteiger partial charge in [-0.1, -0.05) is 18.6 Å². The van der Waals surface area contributed by atoms with E-state index in [1.807, 2.05) is 10.9 Å². The molecule has 1 heterocycles. The number of rotatable bonds is 7. The molecule has 4 nitrogen and oxygen atoms in total. The summed E-state index contributed by atoms with van der Waals surface area (Å²) >= 11 is 0. The lowest BCUT2D eigenvalue weighted by Crippen LogP contribution is -2.03. The normalized spacial score (nSPS) is 10.7. The molecule has 80 valence electrons. The van der Waals surface area contributed by atoms with Crippen LogP contribution >= 0.6 is 0 Å². The molecule has 0 aliphatic carbocycles. The van der Waals surface area contributed by atoms with Gasteiger partial charge in [0, 0.05) is 12.7 Å². The monoisotopic (exact) mass is 196 g/mol. The zero-order valence-corrected chi connectivity index (χ0v) is 8.95. The molecule has 2 N–H and O–H groups in total. The number of aromatic nitrogens is 3. The van der Waals surface area contributed by atoms with Gasteiger partial charge >= 0.3 is 0 Å². The molecule has 1 aromatic rings. The van der Waals surface area contributed by atoms with Crippen molar-refractivity contribution in [2.75, 3.05) is 6.54 Å². The van der Waals surface area contributed by atoms with Crippen LogP contribution in [0.5, 0.6) is 0 Å². The minimum Gasteiger partial charge on any atom is -0.330 e. The van der Waals surface area contributed by atoms with Crippen LogP contribution in [0.15, 0.2) is 6.20 Å². The highest BCUT2D eigenvalue weighted by atomic mass is 15.4. The molecule has 0 saturated heterocycles. The van der Waals surface area contributed by atoms with E-state index in [-0.39, 0.29) is 0 Å². The smallest absolute Gasteiger partial charge is 0.0827 e. The lowest BCUT2D eigenvalue weighted by Gasteiger charge is -1.97. The van der Waals surface area contributed by atoms with Crippen LogP contribution < -0.4 is 5.73 Å². The van der Waals surface area contributed by atoms with Gasteiger partial charge in [-0.15, -0.1) is 5.10 Å². The third-order valence-electron chi connectivity index (χ3n) is 2.21. The van der Waals surface area contributed by atoms with Crippen LogP contribution in [0.1, 0.15) is 38.3 Å². The number of unbranched alkanes of at least 4 members (excludes halogenated alkanes) is 2. The van der Waals surface area contributed by atoms with Crippen LogP contribution in [0, 0.1) is 0 Å². The second-order valence-corrected chi connectivity index (χ2v) is 3.57. The van der Waals surface area contributed by atoms with Crippen molar-refractivity contribution in [2.24, 2.45) is 5.73 Å². The number of hydrogen-bond acceptors (Lipinski definition) is 3. The predicted molar refractivity (Wildman–Crippen MR) is 56.9 cm³/mol. The van der Waals surface area contributed by atoms with E-state index in [1.165, 1.54) is 12.8 Å². The van der Waals surface area contributed by atoms with Crippen LogP contribution in [0.2, 0.25) is 0 Å². The average molecular weight is 196 g/mol. The molecule has 0 fully saturated rings. The molecule has 0 radical (unpaired) electrons. The van der Waals surface area contributed by atoms with E-state index in [4.69, 9.17) is 5.73 Å². The molecular formula is C10H20N4. The van der Waals surface area contributed by atoms with Crippen LogP contribution in [0.25, 0.3) is 0 Å². The molecule has 0 aliphatic rings. The number of aryl methyl sites for hydroxylation is 2. The van der Waals surface area contributed by atoms with E-state index < -0.39 is 0 Å². The minimum atomic E-state index is 0.761. The summed E-state index contributed by atoms with van der Waals surface area (Å²) in [6.07, 6.45) is 7.65. The summed E-state index contributed by atoms with van der Waals surface area (Å²) in [5.41, 5.74) is 6.53. The first-order chi connectivity index (χ1) is 6.86. The number of nitrogens with zero attached hydrogens (tertiary/aromatic N) is 3. The highest BCUT2D eigenvalue weighted by Crippen LogP contribution is 2.01. The molecule has 0 bridgehead atoms. The largest absolute Gasteiger partial charge is 0.330 e. The Morgan fingerprint density at radius 1 is 1.36 bits per heavy atom. The Balaban J connectivity index is 2.27.